The smallest absolute Gasteiger partial charge is 0.256 e. The van der Waals surface area contributed by atoms with Gasteiger partial charge in [0.2, 0.25) is 0 Å². The van der Waals surface area contributed by atoms with Crippen molar-refractivity contribution in [3.8, 4) is 5.82 Å². The first-order valence-corrected chi connectivity index (χ1v) is 6.81. The Morgan fingerprint density at radius 2 is 2.15 bits per heavy atom. The van der Waals surface area contributed by atoms with Crippen LogP contribution < -0.4 is 11.1 Å². The molecule has 1 aliphatic rings. The van der Waals surface area contributed by atoms with E-state index in [0.717, 1.165) is 12.8 Å². The van der Waals surface area contributed by atoms with Crippen molar-refractivity contribution in [2.24, 2.45) is 0 Å². The molecule has 0 spiro atoms. The Hall–Kier alpha value is -2.37. The van der Waals surface area contributed by atoms with Crippen LogP contribution in [0.3, 0.4) is 0 Å². The Labute approximate surface area is 117 Å². The van der Waals surface area contributed by atoms with Crippen molar-refractivity contribution in [2.45, 2.75) is 31.7 Å². The van der Waals surface area contributed by atoms with Gasteiger partial charge in [-0.3, -0.25) is 4.79 Å². The van der Waals surface area contributed by atoms with E-state index in [1.165, 1.54) is 23.7 Å². The Morgan fingerprint density at radius 1 is 1.35 bits per heavy atom. The molecule has 0 bridgehead atoms. The summed E-state index contributed by atoms with van der Waals surface area (Å²) in [5, 5.41) is 7.16. The molecule has 0 atom stereocenters. The number of carbonyl (C=O) groups excluding carboxylic acids is 1. The predicted molar refractivity (Wildman–Crippen MR) is 75.5 cm³/mol. The highest BCUT2D eigenvalue weighted by molar-refractivity contribution is 5.98. The highest BCUT2D eigenvalue weighted by Crippen LogP contribution is 2.20. The van der Waals surface area contributed by atoms with Gasteiger partial charge in [-0.25, -0.2) is 4.98 Å². The largest absolute Gasteiger partial charge is 0.383 e. The second-order valence-electron chi connectivity index (χ2n) is 5.00. The van der Waals surface area contributed by atoms with E-state index in [4.69, 9.17) is 5.73 Å². The third kappa shape index (κ3) is 2.36. The minimum Gasteiger partial charge on any atom is -0.383 e. The van der Waals surface area contributed by atoms with Gasteiger partial charge in [0.1, 0.15) is 11.4 Å². The van der Waals surface area contributed by atoms with E-state index >= 15 is 0 Å². The Morgan fingerprint density at radius 3 is 2.85 bits per heavy atom. The van der Waals surface area contributed by atoms with Gasteiger partial charge in [-0.05, 0) is 25.0 Å². The van der Waals surface area contributed by atoms with E-state index < -0.39 is 0 Å². The van der Waals surface area contributed by atoms with E-state index in [1.54, 1.807) is 12.3 Å². The second kappa shape index (κ2) is 5.32. The number of nitrogen functional groups attached to an aromatic ring is 1. The lowest BCUT2D eigenvalue weighted by Gasteiger charge is -2.11. The summed E-state index contributed by atoms with van der Waals surface area (Å²) in [6, 6.07) is 5.72. The van der Waals surface area contributed by atoms with Gasteiger partial charge in [-0.1, -0.05) is 18.9 Å². The second-order valence-corrected chi connectivity index (χ2v) is 5.00. The van der Waals surface area contributed by atoms with Crippen LogP contribution in [0.15, 0.2) is 30.6 Å². The van der Waals surface area contributed by atoms with Gasteiger partial charge in [0.25, 0.3) is 5.91 Å². The van der Waals surface area contributed by atoms with E-state index in [2.05, 4.69) is 15.4 Å². The fraction of sp³-hybridized carbons (Fsp3) is 0.357. The van der Waals surface area contributed by atoms with Crippen molar-refractivity contribution < 1.29 is 4.79 Å². The maximum absolute atomic E-state index is 12.2. The molecule has 1 amide bonds. The van der Waals surface area contributed by atoms with Crippen LogP contribution in [0.5, 0.6) is 0 Å². The standard InChI is InChI=1S/C14H17N5O/c15-13-11(14(20)18-10-5-1-2-6-10)9-17-19(13)12-7-3-4-8-16-12/h3-4,7-10H,1-2,5-6,15H2,(H,18,20). The molecular weight excluding hydrogens is 254 g/mol. The molecule has 0 aromatic carbocycles. The lowest BCUT2D eigenvalue weighted by molar-refractivity contribution is 0.0939. The van der Waals surface area contributed by atoms with Crippen LogP contribution in [0.2, 0.25) is 0 Å². The molecule has 3 N–H and O–H groups in total. The van der Waals surface area contributed by atoms with Crippen LogP contribution in [0.4, 0.5) is 5.82 Å². The number of hydrogen-bond acceptors (Lipinski definition) is 4. The van der Waals surface area contributed by atoms with Crippen LogP contribution in [0.1, 0.15) is 36.0 Å². The van der Waals surface area contributed by atoms with E-state index in [-0.39, 0.29) is 11.9 Å². The van der Waals surface area contributed by atoms with E-state index in [9.17, 15) is 4.79 Å². The Kier molecular flexibility index (Phi) is 3.37. The van der Waals surface area contributed by atoms with Crippen molar-refractivity contribution >= 4 is 11.7 Å². The number of nitrogens with zero attached hydrogens (tertiary/aromatic N) is 3. The van der Waals surface area contributed by atoms with Gasteiger partial charge in [0, 0.05) is 12.2 Å². The molecular formula is C14H17N5O. The molecule has 6 nitrogen and oxygen atoms in total. The van der Waals surface area contributed by atoms with E-state index in [1.807, 2.05) is 12.1 Å². The minimum absolute atomic E-state index is 0.156. The van der Waals surface area contributed by atoms with Crippen LogP contribution in [0.25, 0.3) is 5.82 Å². The average Bonchev–Trinajstić information content (AvgIpc) is 3.09. The summed E-state index contributed by atoms with van der Waals surface area (Å²) in [6.45, 7) is 0. The highest BCUT2D eigenvalue weighted by Gasteiger charge is 2.21. The maximum Gasteiger partial charge on any atom is 0.256 e. The van der Waals surface area contributed by atoms with Crippen molar-refractivity contribution in [1.29, 1.82) is 0 Å². The van der Waals surface area contributed by atoms with Gasteiger partial charge in [-0.15, -0.1) is 0 Å². The van der Waals surface area contributed by atoms with Crippen molar-refractivity contribution in [2.75, 3.05) is 5.73 Å². The summed E-state index contributed by atoms with van der Waals surface area (Å²) in [4.78, 5) is 16.4. The molecule has 1 aliphatic carbocycles. The molecule has 0 saturated heterocycles. The first-order chi connectivity index (χ1) is 9.75. The molecule has 2 aromatic rings. The molecule has 20 heavy (non-hydrogen) atoms. The number of hydrogen-bond donors (Lipinski definition) is 2. The number of nitrogens with one attached hydrogen (secondary N) is 1. The zero-order chi connectivity index (χ0) is 13.9. The van der Waals surface area contributed by atoms with E-state index in [0.29, 0.717) is 17.2 Å². The maximum atomic E-state index is 12.2. The summed E-state index contributed by atoms with van der Waals surface area (Å²) >= 11 is 0. The monoisotopic (exact) mass is 271 g/mol. The summed E-state index contributed by atoms with van der Waals surface area (Å²) in [5.74, 6) is 0.765. The van der Waals surface area contributed by atoms with Gasteiger partial charge < -0.3 is 11.1 Å². The summed E-state index contributed by atoms with van der Waals surface area (Å²) in [5.41, 5.74) is 6.42. The van der Waals surface area contributed by atoms with Crippen molar-refractivity contribution in [3.05, 3.63) is 36.2 Å². The average molecular weight is 271 g/mol. The number of pyridine rings is 1. The fourth-order valence-corrected chi connectivity index (χ4v) is 2.53. The van der Waals surface area contributed by atoms with Gasteiger partial charge >= 0.3 is 0 Å². The predicted octanol–water partition coefficient (Wildman–Crippen LogP) is 1.52. The quantitative estimate of drug-likeness (QED) is 0.886. The molecule has 1 saturated carbocycles. The Balaban J connectivity index is 1.81. The summed E-state index contributed by atoms with van der Waals surface area (Å²) in [6.07, 6.45) is 7.59. The molecule has 6 heteroatoms. The topological polar surface area (TPSA) is 85.8 Å². The molecule has 0 unspecified atom stereocenters. The first-order valence-electron chi connectivity index (χ1n) is 6.81. The number of rotatable bonds is 3. The van der Waals surface area contributed by atoms with Crippen molar-refractivity contribution in [3.63, 3.8) is 0 Å². The van der Waals surface area contributed by atoms with Crippen LogP contribution >= 0.6 is 0 Å². The third-order valence-electron chi connectivity index (χ3n) is 3.61. The SMILES string of the molecule is Nc1c(C(=O)NC2CCCC2)cnn1-c1ccccn1. The summed E-state index contributed by atoms with van der Waals surface area (Å²) in [7, 11) is 0. The van der Waals surface area contributed by atoms with Crippen molar-refractivity contribution in [1.82, 2.24) is 20.1 Å². The molecule has 3 rings (SSSR count). The van der Waals surface area contributed by atoms with Crippen LogP contribution in [-0.4, -0.2) is 26.7 Å². The lowest BCUT2D eigenvalue weighted by Crippen LogP contribution is -2.32. The van der Waals surface area contributed by atoms with Crippen LogP contribution in [-0.2, 0) is 0 Å². The zero-order valence-corrected chi connectivity index (χ0v) is 11.1. The number of nitrogens with two attached hydrogens (primary N) is 1. The third-order valence-corrected chi connectivity index (χ3v) is 3.61. The van der Waals surface area contributed by atoms with Gasteiger partial charge in [0.15, 0.2) is 5.82 Å². The zero-order valence-electron chi connectivity index (χ0n) is 11.1. The molecule has 104 valence electrons. The minimum atomic E-state index is -0.156. The Bertz CT molecular complexity index is 601. The van der Waals surface area contributed by atoms with Gasteiger partial charge in [-0.2, -0.15) is 9.78 Å². The molecule has 0 radical (unpaired) electrons. The normalized spacial score (nSPS) is 15.4. The van der Waals surface area contributed by atoms with Gasteiger partial charge in [0.05, 0.1) is 6.20 Å². The molecule has 0 aliphatic heterocycles. The summed E-state index contributed by atoms with van der Waals surface area (Å²) < 4.78 is 1.48. The fourth-order valence-electron chi connectivity index (χ4n) is 2.53. The number of aromatic nitrogens is 3. The first kappa shape index (κ1) is 12.7. The number of amides is 1. The molecule has 2 heterocycles. The van der Waals surface area contributed by atoms with Crippen LogP contribution in [0, 0.1) is 0 Å². The molecule has 1 fully saturated rings. The number of anilines is 1. The highest BCUT2D eigenvalue weighted by atomic mass is 16.1. The number of carbonyl (C=O) groups is 1. The lowest BCUT2D eigenvalue weighted by atomic mass is 10.2. The molecule has 2 aromatic heterocycles.